The predicted molar refractivity (Wildman–Crippen MR) is 73.7 cm³/mol. The topological polar surface area (TPSA) is 47.0 Å². The van der Waals surface area contributed by atoms with Crippen molar-refractivity contribution in [2.45, 2.75) is 0 Å². The number of methoxy groups -OCH3 is 1. The Balaban J connectivity index is 2.31. The van der Waals surface area contributed by atoms with Crippen molar-refractivity contribution in [1.82, 2.24) is 9.97 Å². The first-order chi connectivity index (χ1) is 8.60. The Hall–Kier alpha value is -1.21. The van der Waals surface area contributed by atoms with Crippen LogP contribution in [0.3, 0.4) is 0 Å². The third-order valence-corrected chi connectivity index (χ3v) is 3.32. The number of ether oxygens (including phenoxy) is 1. The molecule has 0 fully saturated rings. The largest absolute Gasteiger partial charge is 0.480 e. The highest BCUT2D eigenvalue weighted by Crippen LogP contribution is 2.27. The minimum Gasteiger partial charge on any atom is -0.480 e. The second-order valence-corrected chi connectivity index (χ2v) is 5.01. The van der Waals surface area contributed by atoms with Crippen molar-refractivity contribution in [3.8, 4) is 5.88 Å². The summed E-state index contributed by atoms with van der Waals surface area (Å²) in [6.07, 6.45) is 1.56. The molecule has 18 heavy (non-hydrogen) atoms. The lowest BCUT2D eigenvalue weighted by atomic mass is 10.3. The lowest BCUT2D eigenvalue weighted by Gasteiger charge is -2.08. The summed E-state index contributed by atoms with van der Waals surface area (Å²) in [5.41, 5.74) is 0.541. The summed E-state index contributed by atoms with van der Waals surface area (Å²) in [7, 11) is 1.51. The summed E-state index contributed by atoms with van der Waals surface area (Å²) in [5.74, 6) is 0.381. The van der Waals surface area contributed by atoms with Crippen LogP contribution < -0.4 is 10.1 Å². The van der Waals surface area contributed by atoms with Crippen LogP contribution in [0.25, 0.3) is 0 Å². The third-order valence-electron chi connectivity index (χ3n) is 2.08. The molecular weight excluding hydrogens is 369 g/mol. The SMILES string of the molecule is COc1nc(Nc2cc(F)ccc2Br)ncc1Br. The molecule has 0 atom stereocenters. The van der Waals surface area contributed by atoms with Crippen LogP contribution in [0.5, 0.6) is 5.88 Å². The molecule has 0 saturated heterocycles. The fourth-order valence-corrected chi connectivity index (χ4v) is 1.97. The fourth-order valence-electron chi connectivity index (χ4n) is 1.27. The zero-order valence-corrected chi connectivity index (χ0v) is 12.4. The van der Waals surface area contributed by atoms with Gasteiger partial charge in [-0.25, -0.2) is 9.37 Å². The predicted octanol–water partition coefficient (Wildman–Crippen LogP) is 3.89. The van der Waals surface area contributed by atoms with Crippen molar-refractivity contribution in [3.63, 3.8) is 0 Å². The Bertz CT molecular complexity index is 580. The molecule has 0 saturated carbocycles. The highest BCUT2D eigenvalue weighted by molar-refractivity contribution is 9.11. The van der Waals surface area contributed by atoms with Crippen molar-refractivity contribution in [1.29, 1.82) is 0 Å². The van der Waals surface area contributed by atoms with Gasteiger partial charge < -0.3 is 10.1 Å². The monoisotopic (exact) mass is 375 g/mol. The van der Waals surface area contributed by atoms with Gasteiger partial charge in [0.25, 0.3) is 0 Å². The zero-order valence-electron chi connectivity index (χ0n) is 9.25. The summed E-state index contributed by atoms with van der Waals surface area (Å²) in [6, 6.07) is 4.31. The molecule has 0 radical (unpaired) electrons. The molecule has 1 heterocycles. The first-order valence-electron chi connectivity index (χ1n) is 4.89. The number of hydrogen-bond donors (Lipinski definition) is 1. The number of nitrogens with one attached hydrogen (secondary N) is 1. The van der Waals surface area contributed by atoms with E-state index < -0.39 is 0 Å². The first kappa shape index (κ1) is 13.2. The maximum absolute atomic E-state index is 13.1. The smallest absolute Gasteiger partial charge is 0.232 e. The average Bonchev–Trinajstić information content (AvgIpc) is 2.36. The number of benzene rings is 1. The van der Waals surface area contributed by atoms with Gasteiger partial charge in [0.15, 0.2) is 0 Å². The van der Waals surface area contributed by atoms with Crippen LogP contribution in [-0.2, 0) is 0 Å². The van der Waals surface area contributed by atoms with Gasteiger partial charge in [0.2, 0.25) is 11.8 Å². The molecule has 1 aromatic carbocycles. The van der Waals surface area contributed by atoms with Crippen LogP contribution in [0.4, 0.5) is 16.0 Å². The van der Waals surface area contributed by atoms with Gasteiger partial charge in [0.1, 0.15) is 5.82 Å². The highest BCUT2D eigenvalue weighted by atomic mass is 79.9. The molecule has 0 aliphatic rings. The van der Waals surface area contributed by atoms with Crippen molar-refractivity contribution in [2.24, 2.45) is 0 Å². The third kappa shape index (κ3) is 2.97. The van der Waals surface area contributed by atoms with Crippen molar-refractivity contribution < 1.29 is 9.13 Å². The number of rotatable bonds is 3. The lowest BCUT2D eigenvalue weighted by molar-refractivity contribution is 0.394. The van der Waals surface area contributed by atoms with Gasteiger partial charge in [-0.2, -0.15) is 4.98 Å². The Morgan fingerprint density at radius 1 is 1.28 bits per heavy atom. The molecule has 1 aromatic heterocycles. The van der Waals surface area contributed by atoms with Crippen LogP contribution >= 0.6 is 31.9 Å². The van der Waals surface area contributed by atoms with Gasteiger partial charge in [0, 0.05) is 4.47 Å². The molecule has 0 aliphatic carbocycles. The lowest BCUT2D eigenvalue weighted by Crippen LogP contribution is -2.00. The quantitative estimate of drug-likeness (QED) is 0.882. The Labute approximate surface area is 120 Å². The second-order valence-electron chi connectivity index (χ2n) is 3.30. The maximum Gasteiger partial charge on any atom is 0.232 e. The van der Waals surface area contributed by atoms with Crippen LogP contribution in [0, 0.1) is 5.82 Å². The Kier molecular flexibility index (Phi) is 4.13. The Morgan fingerprint density at radius 2 is 2.06 bits per heavy atom. The zero-order chi connectivity index (χ0) is 13.1. The van der Waals surface area contributed by atoms with Crippen molar-refractivity contribution in [2.75, 3.05) is 12.4 Å². The van der Waals surface area contributed by atoms with Crippen LogP contribution in [-0.4, -0.2) is 17.1 Å². The van der Waals surface area contributed by atoms with E-state index >= 15 is 0 Å². The van der Waals surface area contributed by atoms with Gasteiger partial charge in [-0.3, -0.25) is 0 Å². The van der Waals surface area contributed by atoms with Crippen LogP contribution in [0.15, 0.2) is 33.3 Å². The summed E-state index contributed by atoms with van der Waals surface area (Å²) >= 11 is 6.57. The van der Waals surface area contributed by atoms with Gasteiger partial charge in [-0.15, -0.1) is 0 Å². The number of anilines is 2. The van der Waals surface area contributed by atoms with Gasteiger partial charge in [-0.1, -0.05) is 0 Å². The molecular formula is C11H8Br2FN3O. The van der Waals surface area contributed by atoms with E-state index in [4.69, 9.17) is 4.74 Å². The number of nitrogens with zero attached hydrogens (tertiary/aromatic N) is 2. The normalized spacial score (nSPS) is 10.2. The molecule has 0 spiro atoms. The van der Waals surface area contributed by atoms with E-state index in [1.54, 1.807) is 12.3 Å². The summed E-state index contributed by atoms with van der Waals surface area (Å²) in [6.45, 7) is 0. The number of hydrogen-bond acceptors (Lipinski definition) is 4. The van der Waals surface area contributed by atoms with Gasteiger partial charge >= 0.3 is 0 Å². The van der Waals surface area contributed by atoms with E-state index in [0.717, 1.165) is 4.47 Å². The molecule has 7 heteroatoms. The first-order valence-corrected chi connectivity index (χ1v) is 6.47. The fraction of sp³-hybridized carbons (Fsp3) is 0.0909. The minimum atomic E-state index is -0.343. The van der Waals surface area contributed by atoms with Crippen LogP contribution in [0.2, 0.25) is 0 Å². The van der Waals surface area contributed by atoms with E-state index in [-0.39, 0.29) is 5.82 Å². The average molecular weight is 377 g/mol. The van der Waals surface area contributed by atoms with Gasteiger partial charge in [0.05, 0.1) is 23.5 Å². The molecule has 94 valence electrons. The molecule has 1 N–H and O–H groups in total. The maximum atomic E-state index is 13.1. The molecule has 0 amide bonds. The van der Waals surface area contributed by atoms with Crippen molar-refractivity contribution in [3.05, 3.63) is 39.2 Å². The summed E-state index contributed by atoms with van der Waals surface area (Å²) in [5, 5.41) is 2.91. The van der Waals surface area contributed by atoms with Gasteiger partial charge in [-0.05, 0) is 50.1 Å². The van der Waals surface area contributed by atoms with E-state index in [9.17, 15) is 4.39 Å². The molecule has 4 nitrogen and oxygen atoms in total. The van der Waals surface area contributed by atoms with E-state index in [2.05, 4.69) is 47.1 Å². The Morgan fingerprint density at radius 3 is 2.78 bits per heavy atom. The van der Waals surface area contributed by atoms with Crippen molar-refractivity contribution >= 4 is 43.5 Å². The standard InChI is InChI=1S/C11H8Br2FN3O/c1-18-10-8(13)5-15-11(17-10)16-9-4-6(14)2-3-7(9)12/h2-5H,1H3,(H,15,16,17). The second kappa shape index (κ2) is 5.62. The van der Waals surface area contributed by atoms with E-state index in [1.165, 1.54) is 19.2 Å². The van der Waals surface area contributed by atoms with E-state index in [0.29, 0.717) is 22.0 Å². The molecule has 2 rings (SSSR count). The molecule has 0 bridgehead atoms. The molecule has 0 aliphatic heterocycles. The van der Waals surface area contributed by atoms with Crippen LogP contribution in [0.1, 0.15) is 0 Å². The molecule has 2 aromatic rings. The highest BCUT2D eigenvalue weighted by Gasteiger charge is 2.07. The summed E-state index contributed by atoms with van der Waals surface area (Å²) in [4.78, 5) is 8.18. The summed E-state index contributed by atoms with van der Waals surface area (Å²) < 4.78 is 19.5. The number of aromatic nitrogens is 2. The minimum absolute atomic E-state index is 0.321. The molecule has 0 unspecified atom stereocenters. The van der Waals surface area contributed by atoms with E-state index in [1.807, 2.05) is 0 Å². The number of halogens is 3.